The third-order valence-electron chi connectivity index (χ3n) is 4.86. The summed E-state index contributed by atoms with van der Waals surface area (Å²) in [7, 11) is 0. The zero-order chi connectivity index (χ0) is 20.3. The van der Waals surface area contributed by atoms with Crippen LogP contribution in [0.5, 0.6) is 11.5 Å². The van der Waals surface area contributed by atoms with Crippen LogP contribution in [-0.4, -0.2) is 17.9 Å². The Morgan fingerprint density at radius 2 is 1.83 bits per heavy atom. The summed E-state index contributed by atoms with van der Waals surface area (Å²) in [6.07, 6.45) is 3.20. The maximum atomic E-state index is 12.1. The van der Waals surface area contributed by atoms with Crippen molar-refractivity contribution in [2.24, 2.45) is 0 Å². The van der Waals surface area contributed by atoms with Gasteiger partial charge in [0.05, 0.1) is 6.54 Å². The van der Waals surface area contributed by atoms with Crippen LogP contribution < -0.4 is 14.8 Å². The number of nitrogens with one attached hydrogen (secondary N) is 1. The van der Waals surface area contributed by atoms with Crippen LogP contribution in [0.4, 0.5) is 0 Å². The summed E-state index contributed by atoms with van der Waals surface area (Å²) >= 11 is 0. The molecule has 5 rings (SSSR count). The topological polar surface area (TPSA) is 73.6 Å². The molecule has 1 aliphatic rings. The number of carbonyl (C=O) groups excluding carboxylic acids is 1. The highest BCUT2D eigenvalue weighted by Crippen LogP contribution is 2.32. The van der Waals surface area contributed by atoms with Gasteiger partial charge in [0, 0.05) is 17.7 Å². The average Bonchev–Trinajstić information content (AvgIpc) is 3.45. The molecule has 0 unspecified atom stereocenters. The van der Waals surface area contributed by atoms with Gasteiger partial charge in [-0.05, 0) is 40.6 Å². The van der Waals surface area contributed by atoms with Crippen molar-refractivity contribution < 1.29 is 18.8 Å². The molecule has 6 heteroatoms. The standard InChI is InChI=1S/C24H18N2O4/c27-24(10-6-16-5-9-21-23(11-16)29-15-28-21)25-14-20-13-22(30-26-20)19-8-7-17-3-1-2-4-18(17)12-19/h1-13H,14-15H2,(H,25,27)/b10-6-. The summed E-state index contributed by atoms with van der Waals surface area (Å²) in [6.45, 7) is 0.503. The fourth-order valence-electron chi connectivity index (χ4n) is 3.30. The first-order chi connectivity index (χ1) is 14.7. The number of hydrogen-bond donors (Lipinski definition) is 1. The van der Waals surface area contributed by atoms with E-state index in [0.29, 0.717) is 23.0 Å². The number of rotatable bonds is 5. The molecule has 2 heterocycles. The van der Waals surface area contributed by atoms with Crippen LogP contribution in [0, 0.1) is 0 Å². The van der Waals surface area contributed by atoms with Crippen molar-refractivity contribution in [2.75, 3.05) is 6.79 Å². The molecule has 0 atom stereocenters. The van der Waals surface area contributed by atoms with Crippen LogP contribution in [0.1, 0.15) is 11.3 Å². The molecule has 0 spiro atoms. The Hall–Kier alpha value is -4.06. The normalized spacial score (nSPS) is 12.5. The second-order valence-corrected chi connectivity index (χ2v) is 6.91. The summed E-state index contributed by atoms with van der Waals surface area (Å²) < 4.78 is 16.1. The first kappa shape index (κ1) is 18.0. The summed E-state index contributed by atoms with van der Waals surface area (Å²) in [5.74, 6) is 1.84. The van der Waals surface area contributed by atoms with E-state index in [1.807, 2.05) is 42.5 Å². The number of nitrogens with zero attached hydrogens (tertiary/aromatic N) is 1. The summed E-state index contributed by atoms with van der Waals surface area (Å²) in [5, 5.41) is 9.17. The van der Waals surface area contributed by atoms with Gasteiger partial charge in [-0.3, -0.25) is 4.79 Å². The van der Waals surface area contributed by atoms with E-state index >= 15 is 0 Å². The van der Waals surface area contributed by atoms with Gasteiger partial charge in [0.25, 0.3) is 0 Å². The van der Waals surface area contributed by atoms with E-state index in [-0.39, 0.29) is 19.2 Å². The number of hydrogen-bond acceptors (Lipinski definition) is 5. The molecule has 6 nitrogen and oxygen atoms in total. The molecule has 148 valence electrons. The van der Waals surface area contributed by atoms with Crippen molar-refractivity contribution in [1.29, 1.82) is 0 Å². The summed E-state index contributed by atoms with van der Waals surface area (Å²) in [6, 6.07) is 21.6. The molecular formula is C24H18N2O4. The van der Waals surface area contributed by atoms with Gasteiger partial charge in [0.2, 0.25) is 12.7 Å². The Bertz CT molecular complexity index is 1260. The van der Waals surface area contributed by atoms with Crippen molar-refractivity contribution in [1.82, 2.24) is 10.5 Å². The SMILES string of the molecule is O=C(/C=C\c1ccc2c(c1)OCO2)NCc1cc(-c2ccc3ccccc3c2)on1. The van der Waals surface area contributed by atoms with E-state index in [0.717, 1.165) is 16.5 Å². The molecule has 0 radical (unpaired) electrons. The number of fused-ring (bicyclic) bond motifs is 2. The van der Waals surface area contributed by atoms with Crippen molar-refractivity contribution in [3.05, 3.63) is 84.1 Å². The molecule has 0 aliphatic carbocycles. The molecule has 1 aliphatic heterocycles. The summed E-state index contributed by atoms with van der Waals surface area (Å²) in [5.41, 5.74) is 2.46. The lowest BCUT2D eigenvalue weighted by molar-refractivity contribution is -0.116. The van der Waals surface area contributed by atoms with Crippen LogP contribution in [-0.2, 0) is 11.3 Å². The highest BCUT2D eigenvalue weighted by Gasteiger charge is 2.12. The van der Waals surface area contributed by atoms with E-state index in [1.165, 1.54) is 11.5 Å². The maximum absolute atomic E-state index is 12.1. The lowest BCUT2D eigenvalue weighted by atomic mass is 10.1. The summed E-state index contributed by atoms with van der Waals surface area (Å²) in [4.78, 5) is 12.1. The van der Waals surface area contributed by atoms with Gasteiger partial charge >= 0.3 is 0 Å². The van der Waals surface area contributed by atoms with E-state index < -0.39 is 0 Å². The van der Waals surface area contributed by atoms with Gasteiger partial charge in [-0.2, -0.15) is 0 Å². The molecule has 30 heavy (non-hydrogen) atoms. The first-order valence-electron chi connectivity index (χ1n) is 9.55. The third kappa shape index (κ3) is 3.75. The Morgan fingerprint density at radius 1 is 0.967 bits per heavy atom. The predicted octanol–water partition coefficient (Wildman–Crippen LogP) is 4.55. The zero-order valence-corrected chi connectivity index (χ0v) is 16.0. The van der Waals surface area contributed by atoms with E-state index in [4.69, 9.17) is 14.0 Å². The second kappa shape index (κ2) is 7.75. The van der Waals surface area contributed by atoms with Crippen LogP contribution in [0.2, 0.25) is 0 Å². The van der Waals surface area contributed by atoms with Crippen LogP contribution >= 0.6 is 0 Å². The molecule has 1 N–H and O–H groups in total. The highest BCUT2D eigenvalue weighted by molar-refractivity contribution is 5.91. The van der Waals surface area contributed by atoms with E-state index in [1.54, 1.807) is 6.08 Å². The number of ether oxygens (including phenoxy) is 2. The molecule has 4 aromatic rings. The number of carbonyl (C=O) groups is 1. The van der Waals surface area contributed by atoms with Crippen LogP contribution in [0.15, 0.2) is 77.3 Å². The predicted molar refractivity (Wildman–Crippen MR) is 113 cm³/mol. The zero-order valence-electron chi connectivity index (χ0n) is 16.0. The van der Waals surface area contributed by atoms with Crippen molar-refractivity contribution in [3.8, 4) is 22.8 Å². The smallest absolute Gasteiger partial charge is 0.244 e. The minimum atomic E-state index is -0.220. The molecule has 1 amide bonds. The lowest BCUT2D eigenvalue weighted by Crippen LogP contribution is -2.20. The van der Waals surface area contributed by atoms with Gasteiger partial charge in [0.1, 0.15) is 5.69 Å². The van der Waals surface area contributed by atoms with Crippen molar-refractivity contribution >= 4 is 22.8 Å². The van der Waals surface area contributed by atoms with E-state index in [9.17, 15) is 4.79 Å². The first-order valence-corrected chi connectivity index (χ1v) is 9.55. The molecule has 0 saturated heterocycles. The maximum Gasteiger partial charge on any atom is 0.244 e. The van der Waals surface area contributed by atoms with Gasteiger partial charge in [-0.15, -0.1) is 0 Å². The molecular weight excluding hydrogens is 380 g/mol. The van der Waals surface area contributed by atoms with E-state index in [2.05, 4.69) is 34.7 Å². The molecule has 1 aromatic heterocycles. The number of amides is 1. The Kier molecular flexibility index (Phi) is 4.65. The van der Waals surface area contributed by atoms with Crippen molar-refractivity contribution in [3.63, 3.8) is 0 Å². The van der Waals surface area contributed by atoms with Crippen molar-refractivity contribution in [2.45, 2.75) is 6.54 Å². The minimum absolute atomic E-state index is 0.220. The fraction of sp³-hybridized carbons (Fsp3) is 0.0833. The van der Waals surface area contributed by atoms with Gasteiger partial charge in [-0.1, -0.05) is 47.6 Å². The fourth-order valence-corrected chi connectivity index (χ4v) is 3.30. The molecule has 0 fully saturated rings. The molecule has 0 bridgehead atoms. The third-order valence-corrected chi connectivity index (χ3v) is 4.86. The molecule has 3 aromatic carbocycles. The van der Waals surface area contributed by atoms with Gasteiger partial charge in [0.15, 0.2) is 17.3 Å². The largest absolute Gasteiger partial charge is 0.454 e. The number of aromatic nitrogens is 1. The average molecular weight is 398 g/mol. The lowest BCUT2D eigenvalue weighted by Gasteiger charge is -2.00. The quantitative estimate of drug-likeness (QED) is 0.499. The Morgan fingerprint density at radius 3 is 2.77 bits per heavy atom. The van der Waals surface area contributed by atoms with Crippen LogP contribution in [0.3, 0.4) is 0 Å². The van der Waals surface area contributed by atoms with Gasteiger partial charge < -0.3 is 19.3 Å². The van der Waals surface area contributed by atoms with Gasteiger partial charge in [-0.25, -0.2) is 0 Å². The Labute approximate surface area is 172 Å². The monoisotopic (exact) mass is 398 g/mol. The number of benzene rings is 3. The second-order valence-electron chi connectivity index (χ2n) is 6.91. The highest BCUT2D eigenvalue weighted by atomic mass is 16.7. The Balaban J connectivity index is 1.21. The molecule has 0 saturated carbocycles. The minimum Gasteiger partial charge on any atom is -0.454 e. The van der Waals surface area contributed by atoms with Crippen LogP contribution in [0.25, 0.3) is 28.2 Å².